The van der Waals surface area contributed by atoms with Crippen LogP contribution in [0.4, 0.5) is 0 Å². The molecule has 1 atom stereocenters. The average Bonchev–Trinajstić information content (AvgIpc) is 2.76. The van der Waals surface area contributed by atoms with Gasteiger partial charge < -0.3 is 10.1 Å². The van der Waals surface area contributed by atoms with Gasteiger partial charge in [-0.2, -0.15) is 0 Å². The van der Waals surface area contributed by atoms with E-state index in [0.717, 1.165) is 27.8 Å². The van der Waals surface area contributed by atoms with E-state index in [1.54, 1.807) is 18.4 Å². The van der Waals surface area contributed by atoms with E-state index in [2.05, 4.69) is 29.8 Å². The highest BCUT2D eigenvalue weighted by atomic mass is 35.5. The molecule has 0 aliphatic heterocycles. The predicted octanol–water partition coefficient (Wildman–Crippen LogP) is 4.42. The Labute approximate surface area is 123 Å². The molecule has 2 nitrogen and oxygen atoms in total. The molecule has 1 unspecified atom stereocenters. The van der Waals surface area contributed by atoms with Crippen LogP contribution in [0.1, 0.15) is 29.0 Å². The number of aryl methyl sites for hydroxylation is 1. The van der Waals surface area contributed by atoms with Gasteiger partial charge in [-0.05, 0) is 42.1 Å². The van der Waals surface area contributed by atoms with E-state index in [1.807, 2.05) is 19.1 Å². The van der Waals surface area contributed by atoms with Crippen molar-refractivity contribution in [3.63, 3.8) is 0 Å². The molecule has 102 valence electrons. The Bertz CT molecular complexity index is 553. The zero-order valence-corrected chi connectivity index (χ0v) is 12.9. The molecule has 1 N–H and O–H groups in total. The lowest BCUT2D eigenvalue weighted by Crippen LogP contribution is -2.21. The molecule has 0 radical (unpaired) electrons. The zero-order chi connectivity index (χ0) is 13.8. The number of ether oxygens (including phenoxy) is 1. The largest absolute Gasteiger partial charge is 0.497 e. The number of halogens is 1. The molecule has 0 aliphatic rings. The Morgan fingerprint density at radius 1 is 1.42 bits per heavy atom. The van der Waals surface area contributed by atoms with Crippen LogP contribution in [0, 0.1) is 6.92 Å². The van der Waals surface area contributed by atoms with Crippen LogP contribution < -0.4 is 10.1 Å². The van der Waals surface area contributed by atoms with Crippen molar-refractivity contribution in [2.45, 2.75) is 19.9 Å². The van der Waals surface area contributed by atoms with Crippen molar-refractivity contribution in [1.29, 1.82) is 0 Å². The maximum Gasteiger partial charge on any atom is 0.119 e. The number of benzene rings is 1. The van der Waals surface area contributed by atoms with Crippen LogP contribution in [-0.4, -0.2) is 13.7 Å². The number of rotatable bonds is 5. The average molecular weight is 296 g/mol. The molecule has 0 spiro atoms. The van der Waals surface area contributed by atoms with E-state index in [1.165, 1.54) is 5.56 Å². The molecule has 0 bridgehead atoms. The summed E-state index contributed by atoms with van der Waals surface area (Å²) in [6.07, 6.45) is 0. The minimum Gasteiger partial charge on any atom is -0.497 e. The first-order valence-corrected chi connectivity index (χ1v) is 7.54. The number of hydrogen-bond acceptors (Lipinski definition) is 3. The summed E-state index contributed by atoms with van der Waals surface area (Å²) in [4.78, 5) is 1.16. The smallest absolute Gasteiger partial charge is 0.119 e. The third kappa shape index (κ3) is 3.11. The molecule has 4 heteroatoms. The van der Waals surface area contributed by atoms with Gasteiger partial charge in [0.15, 0.2) is 0 Å². The molecule has 0 fully saturated rings. The van der Waals surface area contributed by atoms with Gasteiger partial charge in [0.25, 0.3) is 0 Å². The van der Waals surface area contributed by atoms with Crippen molar-refractivity contribution in [2.75, 3.05) is 13.7 Å². The Balaban J connectivity index is 2.42. The Morgan fingerprint density at radius 2 is 2.21 bits per heavy atom. The monoisotopic (exact) mass is 295 g/mol. The van der Waals surface area contributed by atoms with E-state index < -0.39 is 0 Å². The maximum absolute atomic E-state index is 6.40. The number of nitrogens with one attached hydrogen (secondary N) is 1. The van der Waals surface area contributed by atoms with Crippen LogP contribution in [-0.2, 0) is 0 Å². The first-order chi connectivity index (χ1) is 9.17. The molecular formula is C15H18ClNOS. The highest BCUT2D eigenvalue weighted by Crippen LogP contribution is 2.36. The molecule has 0 amide bonds. The van der Waals surface area contributed by atoms with Gasteiger partial charge in [0.1, 0.15) is 5.75 Å². The van der Waals surface area contributed by atoms with E-state index in [9.17, 15) is 0 Å². The summed E-state index contributed by atoms with van der Waals surface area (Å²) in [5.41, 5.74) is 2.30. The summed E-state index contributed by atoms with van der Waals surface area (Å²) in [6.45, 7) is 5.02. The normalized spacial score (nSPS) is 12.4. The second-order valence-corrected chi connectivity index (χ2v) is 5.65. The SMILES string of the molecule is CCNC(c1cccc(OC)c1)c1scc(C)c1Cl. The van der Waals surface area contributed by atoms with E-state index in [4.69, 9.17) is 16.3 Å². The minimum atomic E-state index is 0.117. The fourth-order valence-electron chi connectivity index (χ4n) is 2.03. The van der Waals surface area contributed by atoms with Crippen LogP contribution in [0.2, 0.25) is 5.02 Å². The molecule has 0 saturated heterocycles. The highest BCUT2D eigenvalue weighted by Gasteiger charge is 2.19. The summed E-state index contributed by atoms with van der Waals surface area (Å²) >= 11 is 8.10. The fourth-order valence-corrected chi connectivity index (χ4v) is 3.44. The highest BCUT2D eigenvalue weighted by molar-refractivity contribution is 7.10. The van der Waals surface area contributed by atoms with Crippen molar-refractivity contribution in [3.8, 4) is 5.75 Å². The van der Waals surface area contributed by atoms with Gasteiger partial charge in [-0.3, -0.25) is 0 Å². The predicted molar refractivity (Wildman–Crippen MR) is 82.6 cm³/mol. The standard InChI is InChI=1S/C15H18ClNOS/c1-4-17-14(15-13(16)10(2)9-19-15)11-6-5-7-12(8-11)18-3/h5-9,14,17H,4H2,1-3H3. The van der Waals surface area contributed by atoms with Crippen molar-refractivity contribution in [1.82, 2.24) is 5.32 Å². The van der Waals surface area contributed by atoms with Crippen molar-refractivity contribution in [3.05, 3.63) is 50.7 Å². The van der Waals surface area contributed by atoms with E-state index in [0.29, 0.717) is 0 Å². The molecule has 19 heavy (non-hydrogen) atoms. The van der Waals surface area contributed by atoms with Crippen LogP contribution in [0.25, 0.3) is 0 Å². The Morgan fingerprint density at radius 3 is 2.79 bits per heavy atom. The van der Waals surface area contributed by atoms with E-state index in [-0.39, 0.29) is 6.04 Å². The van der Waals surface area contributed by atoms with Crippen molar-refractivity contribution >= 4 is 22.9 Å². The third-order valence-electron chi connectivity index (χ3n) is 3.02. The molecule has 1 heterocycles. The first kappa shape index (κ1) is 14.4. The lowest BCUT2D eigenvalue weighted by Gasteiger charge is -2.18. The molecule has 0 saturated carbocycles. The number of methoxy groups -OCH3 is 1. The van der Waals surface area contributed by atoms with Crippen molar-refractivity contribution in [2.24, 2.45) is 0 Å². The van der Waals surface area contributed by atoms with Gasteiger partial charge in [0.2, 0.25) is 0 Å². The fraction of sp³-hybridized carbons (Fsp3) is 0.333. The minimum absolute atomic E-state index is 0.117. The molecule has 0 aliphatic carbocycles. The molecule has 1 aromatic heterocycles. The third-order valence-corrected chi connectivity index (χ3v) is 4.80. The molecule has 2 rings (SSSR count). The van der Waals surface area contributed by atoms with Crippen LogP contribution in [0.5, 0.6) is 5.75 Å². The number of hydrogen-bond donors (Lipinski definition) is 1. The van der Waals surface area contributed by atoms with Gasteiger partial charge in [-0.25, -0.2) is 0 Å². The Hall–Kier alpha value is -1.03. The second-order valence-electron chi connectivity index (χ2n) is 4.36. The topological polar surface area (TPSA) is 21.3 Å². The summed E-state index contributed by atoms with van der Waals surface area (Å²) in [5, 5.41) is 6.45. The van der Waals surface area contributed by atoms with Gasteiger partial charge in [0.05, 0.1) is 18.2 Å². The molecule has 2 aromatic rings. The van der Waals surface area contributed by atoms with Crippen LogP contribution in [0.15, 0.2) is 29.6 Å². The molecular weight excluding hydrogens is 278 g/mol. The summed E-state index contributed by atoms with van der Waals surface area (Å²) in [6, 6.07) is 8.23. The van der Waals surface area contributed by atoms with Gasteiger partial charge in [0, 0.05) is 4.88 Å². The van der Waals surface area contributed by atoms with E-state index >= 15 is 0 Å². The number of thiophene rings is 1. The van der Waals surface area contributed by atoms with Gasteiger partial charge >= 0.3 is 0 Å². The second kappa shape index (κ2) is 6.42. The quantitative estimate of drug-likeness (QED) is 0.882. The van der Waals surface area contributed by atoms with Crippen LogP contribution >= 0.6 is 22.9 Å². The summed E-state index contributed by atoms with van der Waals surface area (Å²) in [7, 11) is 1.68. The van der Waals surface area contributed by atoms with Gasteiger partial charge in [-0.1, -0.05) is 30.7 Å². The Kier molecular flexibility index (Phi) is 4.86. The van der Waals surface area contributed by atoms with Crippen LogP contribution in [0.3, 0.4) is 0 Å². The zero-order valence-electron chi connectivity index (χ0n) is 11.4. The van der Waals surface area contributed by atoms with Gasteiger partial charge in [-0.15, -0.1) is 11.3 Å². The summed E-state index contributed by atoms with van der Waals surface area (Å²) < 4.78 is 5.30. The van der Waals surface area contributed by atoms with Crippen molar-refractivity contribution < 1.29 is 4.74 Å². The first-order valence-electron chi connectivity index (χ1n) is 6.28. The lowest BCUT2D eigenvalue weighted by atomic mass is 10.0. The summed E-state index contributed by atoms with van der Waals surface area (Å²) in [5.74, 6) is 0.866. The maximum atomic E-state index is 6.40. The lowest BCUT2D eigenvalue weighted by molar-refractivity contribution is 0.413. The molecule has 1 aromatic carbocycles.